The first-order valence-electron chi connectivity index (χ1n) is 22.8. The molecule has 332 valence electrons. The predicted molar refractivity (Wildman–Crippen MR) is 255 cm³/mol. The van der Waals surface area contributed by atoms with E-state index in [9.17, 15) is 17.6 Å². The van der Waals surface area contributed by atoms with Crippen molar-refractivity contribution in [2.75, 3.05) is 0 Å². The SMILES string of the molecule is C#Cc1c(C)cc(C2CCC(CCCCC)CC2)cc1C.CCCCCC1CCC(c2cc(C)c(C#Cc3cc(F)c(C#N)c(F)c3)c(C)c2)CC1.[C-]#[N+]c1c(F)cc(Br)cc1F. The summed E-state index contributed by atoms with van der Waals surface area (Å²) in [6.45, 7) is 19.4. The Balaban J connectivity index is 0.000000233. The van der Waals surface area contributed by atoms with E-state index in [1.54, 1.807) is 0 Å². The number of hydrogen-bond donors (Lipinski definition) is 0. The third-order valence-corrected chi connectivity index (χ3v) is 13.4. The van der Waals surface area contributed by atoms with Gasteiger partial charge < -0.3 is 0 Å². The molecule has 0 spiro atoms. The Morgan fingerprint density at radius 3 is 1.38 bits per heavy atom. The van der Waals surface area contributed by atoms with Crippen LogP contribution < -0.4 is 0 Å². The van der Waals surface area contributed by atoms with Gasteiger partial charge in [0.15, 0.2) is 0 Å². The van der Waals surface area contributed by atoms with Crippen LogP contribution in [-0.4, -0.2) is 0 Å². The second-order valence-corrected chi connectivity index (χ2v) is 18.6. The van der Waals surface area contributed by atoms with Crippen molar-refractivity contribution in [3.63, 3.8) is 0 Å². The number of halogens is 5. The maximum Gasteiger partial charge on any atom is 0.256 e. The van der Waals surface area contributed by atoms with Crippen LogP contribution in [0.3, 0.4) is 0 Å². The summed E-state index contributed by atoms with van der Waals surface area (Å²) in [4.78, 5) is 2.69. The predicted octanol–water partition coefficient (Wildman–Crippen LogP) is 17.1. The van der Waals surface area contributed by atoms with Gasteiger partial charge in [-0.05, 0) is 160 Å². The second kappa shape index (κ2) is 25.5. The van der Waals surface area contributed by atoms with E-state index in [1.807, 2.05) is 0 Å². The van der Waals surface area contributed by atoms with Crippen molar-refractivity contribution in [3.8, 4) is 30.3 Å². The van der Waals surface area contributed by atoms with Crippen molar-refractivity contribution >= 4 is 21.6 Å². The molecule has 4 aromatic rings. The first kappa shape index (κ1) is 50.8. The molecule has 0 radical (unpaired) electrons. The topological polar surface area (TPSA) is 28.1 Å². The monoisotopic (exact) mass is 918 g/mol. The van der Waals surface area contributed by atoms with E-state index < -0.39 is 34.5 Å². The summed E-state index contributed by atoms with van der Waals surface area (Å²) in [6.07, 6.45) is 27.4. The largest absolute Gasteiger partial charge is 0.256 e. The van der Waals surface area contributed by atoms with E-state index in [-0.39, 0.29) is 5.56 Å². The van der Waals surface area contributed by atoms with Crippen LogP contribution in [-0.2, 0) is 0 Å². The number of hydrogen-bond acceptors (Lipinski definition) is 1. The van der Waals surface area contributed by atoms with Crippen LogP contribution in [0.1, 0.15) is 184 Å². The third-order valence-electron chi connectivity index (χ3n) is 12.9. The lowest BCUT2D eigenvalue weighted by atomic mass is 9.76. The number of aryl methyl sites for hydroxylation is 4. The van der Waals surface area contributed by atoms with Crippen molar-refractivity contribution in [1.82, 2.24) is 0 Å². The van der Waals surface area contributed by atoms with Gasteiger partial charge in [0.1, 0.15) is 34.9 Å². The van der Waals surface area contributed by atoms with E-state index in [0.717, 1.165) is 64.3 Å². The lowest BCUT2D eigenvalue weighted by molar-refractivity contribution is 0.302. The molecule has 7 heteroatoms. The number of nitriles is 1. The number of terminal acetylenes is 1. The maximum atomic E-state index is 13.8. The minimum Gasteiger partial charge on any atom is -0.232 e. The minimum atomic E-state index is -0.874. The molecule has 0 atom stereocenters. The average Bonchev–Trinajstić information content (AvgIpc) is 3.24. The van der Waals surface area contributed by atoms with Crippen LogP contribution in [0.25, 0.3) is 4.85 Å². The van der Waals surface area contributed by atoms with E-state index in [4.69, 9.17) is 18.3 Å². The quantitative estimate of drug-likeness (QED) is 0.0674. The van der Waals surface area contributed by atoms with Gasteiger partial charge in [-0.15, -0.1) is 6.42 Å². The van der Waals surface area contributed by atoms with E-state index in [0.29, 0.717) is 10.4 Å². The molecular weight excluding hydrogens is 857 g/mol. The Morgan fingerprint density at radius 2 is 1.02 bits per heavy atom. The van der Waals surface area contributed by atoms with Crippen molar-refractivity contribution in [2.45, 2.75) is 156 Å². The first-order chi connectivity index (χ1) is 30.2. The molecule has 0 N–H and O–H groups in total. The van der Waals surface area contributed by atoms with Crippen LogP contribution in [0.15, 0.2) is 53.0 Å². The molecule has 0 unspecified atom stereocenters. The van der Waals surface area contributed by atoms with Crippen molar-refractivity contribution in [2.24, 2.45) is 11.8 Å². The molecule has 2 fully saturated rings. The summed E-state index contributed by atoms with van der Waals surface area (Å²) in [5.41, 5.74) is 8.77. The fraction of sp³-hybridized carbons (Fsp3) is 0.464. The zero-order valence-electron chi connectivity index (χ0n) is 38.1. The lowest BCUT2D eigenvalue weighted by Gasteiger charge is -2.29. The molecule has 6 rings (SSSR count). The summed E-state index contributed by atoms with van der Waals surface area (Å²) in [6, 6.07) is 15.0. The van der Waals surface area contributed by atoms with Crippen LogP contribution in [0.4, 0.5) is 23.2 Å². The molecule has 0 amide bonds. The number of nitrogens with zero attached hydrogens (tertiary/aromatic N) is 2. The van der Waals surface area contributed by atoms with Crippen molar-refractivity contribution in [3.05, 3.63) is 143 Å². The molecule has 2 saturated carbocycles. The summed E-state index contributed by atoms with van der Waals surface area (Å²) in [5, 5.41) is 8.80. The standard InChI is InChI=1S/C28H31F2N.C21H30.C7H2BrF2N/c1-4-5-6-7-21-8-11-23(12-9-21)24-14-19(2)25(20(3)15-24)13-10-22-16-27(29)26(18-31)28(30)17-22;1-5-7-8-9-18-10-12-19(13-11-18)20-14-16(3)21(6-2)17(4)15-20;1-11-7-5(9)2-4(8)3-6(7)10/h14-17,21,23H,4-9,11-12H2,1-3H3;2,14-15,18-19H,5,7-13H2,1,3-4H3;2-3H. The van der Waals surface area contributed by atoms with E-state index in [2.05, 4.69) is 104 Å². The molecule has 4 aromatic carbocycles. The highest BCUT2D eigenvalue weighted by Gasteiger charge is 2.24. The molecule has 2 aliphatic rings. The number of rotatable bonds is 10. The fourth-order valence-corrected chi connectivity index (χ4v) is 9.76. The average molecular weight is 920 g/mol. The van der Waals surface area contributed by atoms with Gasteiger partial charge in [-0.3, -0.25) is 0 Å². The molecule has 0 aromatic heterocycles. The molecule has 0 aliphatic heterocycles. The summed E-state index contributed by atoms with van der Waals surface area (Å²) < 4.78 is 53.2. The van der Waals surface area contributed by atoms with Crippen LogP contribution >= 0.6 is 15.9 Å². The van der Waals surface area contributed by atoms with Gasteiger partial charge in [-0.1, -0.05) is 123 Å². The van der Waals surface area contributed by atoms with Crippen LogP contribution in [0.5, 0.6) is 0 Å². The zero-order valence-corrected chi connectivity index (χ0v) is 39.7. The van der Waals surface area contributed by atoms with Gasteiger partial charge in [-0.25, -0.2) is 22.4 Å². The molecule has 63 heavy (non-hydrogen) atoms. The molecular formula is C56H63BrF4N2. The van der Waals surface area contributed by atoms with Crippen LogP contribution in [0.2, 0.25) is 0 Å². The summed E-state index contributed by atoms with van der Waals surface area (Å²) in [7, 11) is 0. The normalized spacial score (nSPS) is 17.9. The Hall–Kier alpha value is -4.82. The fourth-order valence-electron chi connectivity index (χ4n) is 9.35. The lowest BCUT2D eigenvalue weighted by Crippen LogP contribution is -2.14. The highest BCUT2D eigenvalue weighted by molar-refractivity contribution is 9.10. The Morgan fingerprint density at radius 1 is 0.603 bits per heavy atom. The van der Waals surface area contributed by atoms with Crippen LogP contribution in [0, 0.1) is 105 Å². The van der Waals surface area contributed by atoms with Gasteiger partial charge >= 0.3 is 0 Å². The molecule has 0 bridgehead atoms. The summed E-state index contributed by atoms with van der Waals surface area (Å²) >= 11 is 2.89. The minimum absolute atomic E-state index is 0.235. The smallest absolute Gasteiger partial charge is 0.232 e. The maximum absolute atomic E-state index is 13.8. The van der Waals surface area contributed by atoms with Gasteiger partial charge in [0.05, 0.1) is 6.57 Å². The zero-order chi connectivity index (χ0) is 46.1. The summed E-state index contributed by atoms with van der Waals surface area (Å²) in [5.74, 6) is 8.61. The Kier molecular flexibility index (Phi) is 20.5. The van der Waals surface area contributed by atoms with Gasteiger partial charge in [-0.2, -0.15) is 5.26 Å². The molecule has 0 heterocycles. The molecule has 2 nitrogen and oxygen atoms in total. The van der Waals surface area contributed by atoms with Gasteiger partial charge in [0.2, 0.25) is 0 Å². The second-order valence-electron chi connectivity index (χ2n) is 17.6. The van der Waals surface area contributed by atoms with Gasteiger partial charge in [0.25, 0.3) is 5.69 Å². The Labute approximate surface area is 384 Å². The Bertz CT molecular complexity index is 2260. The third kappa shape index (κ3) is 14.9. The first-order valence-corrected chi connectivity index (χ1v) is 23.6. The van der Waals surface area contributed by atoms with Crippen molar-refractivity contribution in [1.29, 1.82) is 5.26 Å². The van der Waals surface area contributed by atoms with Gasteiger partial charge in [0, 0.05) is 21.2 Å². The number of unbranched alkanes of at least 4 members (excludes halogenated alkanes) is 4. The van der Waals surface area contributed by atoms with E-state index in [1.165, 1.54) is 131 Å². The highest BCUT2D eigenvalue weighted by atomic mass is 79.9. The molecule has 0 saturated heterocycles. The van der Waals surface area contributed by atoms with Crippen molar-refractivity contribution < 1.29 is 17.6 Å². The highest BCUT2D eigenvalue weighted by Crippen LogP contribution is 2.40. The molecule has 2 aliphatic carbocycles. The van der Waals surface area contributed by atoms with E-state index >= 15 is 0 Å². The number of benzene rings is 4.